The van der Waals surface area contributed by atoms with E-state index in [0.717, 1.165) is 0 Å². The Bertz CT molecular complexity index is 813. The summed E-state index contributed by atoms with van der Waals surface area (Å²) in [4.78, 5) is 16.6. The van der Waals surface area contributed by atoms with Gasteiger partial charge in [0.05, 0.1) is 7.11 Å². The number of aliphatic hydroxyl groups is 1. The van der Waals surface area contributed by atoms with Crippen molar-refractivity contribution in [3.8, 4) is 11.5 Å². The van der Waals surface area contributed by atoms with Crippen LogP contribution >= 0.6 is 0 Å². The van der Waals surface area contributed by atoms with E-state index in [0.29, 0.717) is 49.5 Å². The summed E-state index contributed by atoms with van der Waals surface area (Å²) < 4.78 is 19.4. The summed E-state index contributed by atoms with van der Waals surface area (Å²) in [6, 6.07) is 10.9. The number of benzene rings is 2. The lowest BCUT2D eigenvalue weighted by Gasteiger charge is -2.41. The van der Waals surface area contributed by atoms with Gasteiger partial charge in [0, 0.05) is 56.0 Å². The van der Waals surface area contributed by atoms with Gasteiger partial charge in [-0.2, -0.15) is 0 Å². The highest BCUT2D eigenvalue weighted by Crippen LogP contribution is 2.22. The Morgan fingerprint density at radius 1 is 1.21 bits per heavy atom. The Labute approximate surface area is 163 Å². The van der Waals surface area contributed by atoms with E-state index >= 15 is 0 Å². The Morgan fingerprint density at radius 3 is 2.61 bits per heavy atom. The fourth-order valence-electron chi connectivity index (χ4n) is 3.50. The van der Waals surface area contributed by atoms with Crippen LogP contribution in [-0.2, 0) is 6.54 Å². The molecule has 0 spiro atoms. The third-order valence-electron chi connectivity index (χ3n) is 5.10. The van der Waals surface area contributed by atoms with Crippen molar-refractivity contribution in [3.05, 3.63) is 59.4 Å². The van der Waals surface area contributed by atoms with Gasteiger partial charge in [-0.05, 0) is 36.8 Å². The second-order valence-corrected chi connectivity index (χ2v) is 6.89. The van der Waals surface area contributed by atoms with E-state index in [1.54, 1.807) is 29.2 Å². The molecule has 0 unspecified atom stereocenters. The Balaban J connectivity index is 1.70. The number of aromatic hydroxyl groups is 1. The molecule has 0 radical (unpaired) electrons. The molecule has 1 fully saturated rings. The molecule has 28 heavy (non-hydrogen) atoms. The molecule has 2 N–H and O–H groups in total. The number of amides is 1. The molecule has 1 atom stereocenters. The van der Waals surface area contributed by atoms with Crippen molar-refractivity contribution in [1.29, 1.82) is 0 Å². The minimum atomic E-state index is -0.329. The Morgan fingerprint density at radius 2 is 1.96 bits per heavy atom. The number of phenolic OH excluding ortho intramolecular Hbond substituents is 1. The summed E-state index contributed by atoms with van der Waals surface area (Å²) in [6.45, 7) is 1.95. The van der Waals surface area contributed by atoms with Crippen molar-refractivity contribution in [2.24, 2.45) is 0 Å². The Hall–Kier alpha value is -2.64. The zero-order valence-corrected chi connectivity index (χ0v) is 15.8. The van der Waals surface area contributed by atoms with E-state index < -0.39 is 0 Å². The number of carbonyl (C=O) groups is 1. The molecule has 3 rings (SSSR count). The molecule has 1 aliphatic rings. The van der Waals surface area contributed by atoms with Crippen molar-refractivity contribution in [2.45, 2.75) is 19.0 Å². The highest BCUT2D eigenvalue weighted by atomic mass is 19.1. The van der Waals surface area contributed by atoms with Gasteiger partial charge < -0.3 is 19.8 Å². The van der Waals surface area contributed by atoms with Crippen molar-refractivity contribution < 1.29 is 24.1 Å². The third-order valence-corrected chi connectivity index (χ3v) is 5.10. The monoisotopic (exact) mass is 388 g/mol. The van der Waals surface area contributed by atoms with Gasteiger partial charge >= 0.3 is 0 Å². The zero-order chi connectivity index (χ0) is 20.1. The summed E-state index contributed by atoms with van der Waals surface area (Å²) in [5, 5.41) is 18.8. The largest absolute Gasteiger partial charge is 0.508 e. The average molecular weight is 388 g/mol. The van der Waals surface area contributed by atoms with E-state index in [1.807, 2.05) is 0 Å². The van der Waals surface area contributed by atoms with Gasteiger partial charge in [0.2, 0.25) is 0 Å². The molecular weight excluding hydrogens is 363 g/mol. The third kappa shape index (κ3) is 4.61. The molecule has 0 aliphatic carbocycles. The zero-order valence-electron chi connectivity index (χ0n) is 15.8. The highest BCUT2D eigenvalue weighted by molar-refractivity contribution is 5.94. The molecule has 150 valence electrons. The number of ether oxygens (including phenoxy) is 1. The summed E-state index contributed by atoms with van der Waals surface area (Å²) in [6.07, 6.45) is 0.497. The standard InChI is InChI=1S/C21H25FN2O4/c1-28-19-7-4-16(20(22)12-19)13-23-9-10-24(14-17(23)8-11-25)21(27)15-2-5-18(26)6-3-15/h2-7,12,17,25-26H,8-11,13-14H2,1H3/t17-/m1/s1. The van der Waals surface area contributed by atoms with Crippen molar-refractivity contribution in [1.82, 2.24) is 9.80 Å². The van der Waals surface area contributed by atoms with Gasteiger partial charge in [0.15, 0.2) is 0 Å². The van der Waals surface area contributed by atoms with Gasteiger partial charge in [-0.3, -0.25) is 9.69 Å². The molecule has 1 aliphatic heterocycles. The molecule has 0 saturated carbocycles. The van der Waals surface area contributed by atoms with Crippen LogP contribution in [0.4, 0.5) is 4.39 Å². The highest BCUT2D eigenvalue weighted by Gasteiger charge is 2.30. The topological polar surface area (TPSA) is 73.2 Å². The van der Waals surface area contributed by atoms with Crippen molar-refractivity contribution in [3.63, 3.8) is 0 Å². The van der Waals surface area contributed by atoms with E-state index in [9.17, 15) is 19.4 Å². The summed E-state index contributed by atoms with van der Waals surface area (Å²) >= 11 is 0. The fraction of sp³-hybridized carbons (Fsp3) is 0.381. The minimum absolute atomic E-state index is 0.00645. The van der Waals surface area contributed by atoms with Gasteiger partial charge in [-0.1, -0.05) is 6.07 Å². The van der Waals surface area contributed by atoms with Crippen LogP contribution in [0.15, 0.2) is 42.5 Å². The number of piperazine rings is 1. The molecule has 0 aromatic heterocycles. The maximum absolute atomic E-state index is 14.3. The first-order chi connectivity index (χ1) is 13.5. The van der Waals surface area contributed by atoms with Crippen LogP contribution in [0.5, 0.6) is 11.5 Å². The summed E-state index contributed by atoms with van der Waals surface area (Å²) in [7, 11) is 1.50. The second kappa shape index (κ2) is 9.03. The number of aliphatic hydroxyl groups excluding tert-OH is 1. The molecule has 1 saturated heterocycles. The lowest BCUT2D eigenvalue weighted by molar-refractivity contribution is 0.0391. The number of carbonyl (C=O) groups excluding carboxylic acids is 1. The smallest absolute Gasteiger partial charge is 0.253 e. The number of rotatable bonds is 6. The van der Waals surface area contributed by atoms with Gasteiger partial charge in [-0.15, -0.1) is 0 Å². The quantitative estimate of drug-likeness (QED) is 0.794. The van der Waals surface area contributed by atoms with E-state index in [-0.39, 0.29) is 30.1 Å². The number of phenols is 1. The van der Waals surface area contributed by atoms with Gasteiger partial charge in [0.25, 0.3) is 5.91 Å². The lowest BCUT2D eigenvalue weighted by atomic mass is 10.1. The van der Waals surface area contributed by atoms with E-state index in [1.165, 1.54) is 25.3 Å². The normalized spacial score (nSPS) is 17.5. The number of methoxy groups -OCH3 is 1. The first-order valence-electron chi connectivity index (χ1n) is 9.27. The lowest BCUT2D eigenvalue weighted by Crippen LogP contribution is -2.54. The van der Waals surface area contributed by atoms with Gasteiger partial charge in [0.1, 0.15) is 17.3 Å². The van der Waals surface area contributed by atoms with Gasteiger partial charge in [-0.25, -0.2) is 4.39 Å². The van der Waals surface area contributed by atoms with Crippen molar-refractivity contribution in [2.75, 3.05) is 33.4 Å². The van der Waals surface area contributed by atoms with E-state index in [4.69, 9.17) is 4.74 Å². The molecule has 1 amide bonds. The van der Waals surface area contributed by atoms with E-state index in [2.05, 4.69) is 4.90 Å². The molecule has 1 heterocycles. The SMILES string of the molecule is COc1ccc(CN2CCN(C(=O)c3ccc(O)cc3)C[C@H]2CCO)c(F)c1. The van der Waals surface area contributed by atoms with Crippen LogP contribution in [0.2, 0.25) is 0 Å². The molecule has 6 nitrogen and oxygen atoms in total. The minimum Gasteiger partial charge on any atom is -0.508 e. The fourth-order valence-corrected chi connectivity index (χ4v) is 3.50. The van der Waals surface area contributed by atoms with Crippen LogP contribution in [0, 0.1) is 5.82 Å². The maximum Gasteiger partial charge on any atom is 0.253 e. The molecular formula is C21H25FN2O4. The second-order valence-electron chi connectivity index (χ2n) is 6.89. The average Bonchev–Trinajstić information content (AvgIpc) is 2.71. The Kier molecular flexibility index (Phi) is 6.49. The summed E-state index contributed by atoms with van der Waals surface area (Å²) in [5.74, 6) is 0.140. The van der Waals surface area contributed by atoms with Crippen LogP contribution in [-0.4, -0.2) is 65.3 Å². The summed E-state index contributed by atoms with van der Waals surface area (Å²) in [5.41, 5.74) is 1.07. The predicted molar refractivity (Wildman–Crippen MR) is 103 cm³/mol. The number of nitrogens with zero attached hydrogens (tertiary/aromatic N) is 2. The number of hydrogen-bond acceptors (Lipinski definition) is 5. The molecule has 2 aromatic rings. The molecule has 0 bridgehead atoms. The van der Waals surface area contributed by atoms with Crippen molar-refractivity contribution >= 4 is 5.91 Å². The maximum atomic E-state index is 14.3. The number of hydrogen-bond donors (Lipinski definition) is 2. The molecule has 2 aromatic carbocycles. The predicted octanol–water partition coefficient (Wildman–Crippen LogP) is 2.25. The van der Waals surface area contributed by atoms with Crippen LogP contribution < -0.4 is 4.74 Å². The first kappa shape index (κ1) is 20.1. The number of halogens is 1. The van der Waals surface area contributed by atoms with Crippen LogP contribution in [0.3, 0.4) is 0 Å². The van der Waals surface area contributed by atoms with Crippen LogP contribution in [0.1, 0.15) is 22.3 Å². The first-order valence-corrected chi connectivity index (χ1v) is 9.27. The van der Waals surface area contributed by atoms with Crippen LogP contribution in [0.25, 0.3) is 0 Å². The molecule has 7 heteroatoms.